The second-order valence-corrected chi connectivity index (χ2v) is 6.49. The third kappa shape index (κ3) is 2.22. The van der Waals surface area contributed by atoms with Gasteiger partial charge in [-0.25, -0.2) is 17.2 Å². The largest absolute Gasteiger partial charge is 0.478 e. The molecule has 1 heterocycles. The number of benzene rings is 1. The number of aromatic nitrogens is 1. The van der Waals surface area contributed by atoms with Gasteiger partial charge in [-0.2, -0.15) is 0 Å². The van der Waals surface area contributed by atoms with Gasteiger partial charge in [0, 0.05) is 11.9 Å². The summed E-state index contributed by atoms with van der Waals surface area (Å²) in [4.78, 5) is 11.2. The third-order valence-corrected chi connectivity index (χ3v) is 5.10. The van der Waals surface area contributed by atoms with Gasteiger partial charge in [0.25, 0.3) is 10.0 Å². The van der Waals surface area contributed by atoms with E-state index in [-0.39, 0.29) is 10.5 Å². The summed E-state index contributed by atoms with van der Waals surface area (Å²) in [5.74, 6) is -1.14. The van der Waals surface area contributed by atoms with Gasteiger partial charge in [-0.15, -0.1) is 0 Å². The first-order valence-electron chi connectivity index (χ1n) is 5.99. The van der Waals surface area contributed by atoms with Gasteiger partial charge in [0.05, 0.1) is 10.5 Å². The van der Waals surface area contributed by atoms with Crippen LogP contribution >= 0.6 is 0 Å². The minimum atomic E-state index is -3.77. The molecule has 0 bridgehead atoms. The molecule has 20 heavy (non-hydrogen) atoms. The van der Waals surface area contributed by atoms with Crippen LogP contribution in [0.1, 0.15) is 27.2 Å². The second-order valence-electron chi connectivity index (χ2n) is 4.67. The van der Waals surface area contributed by atoms with Crippen LogP contribution in [0.4, 0.5) is 0 Å². The maximum Gasteiger partial charge on any atom is 0.337 e. The fraction of sp³-hybridized carbons (Fsp3) is 0.214. The van der Waals surface area contributed by atoms with Crippen LogP contribution in [0.2, 0.25) is 0 Å². The zero-order valence-corrected chi connectivity index (χ0v) is 12.2. The lowest BCUT2D eigenvalue weighted by atomic mass is 10.2. The molecule has 0 aliphatic rings. The number of hydrogen-bond acceptors (Lipinski definition) is 3. The quantitative estimate of drug-likeness (QED) is 0.942. The zero-order valence-electron chi connectivity index (χ0n) is 11.4. The number of nitrogens with zero attached hydrogens (tertiary/aromatic N) is 1. The van der Waals surface area contributed by atoms with E-state index in [1.54, 1.807) is 26.0 Å². The van der Waals surface area contributed by atoms with Crippen LogP contribution in [0.25, 0.3) is 0 Å². The number of aromatic carboxylic acids is 1. The topological polar surface area (TPSA) is 76.4 Å². The first kappa shape index (κ1) is 14.3. The lowest BCUT2D eigenvalue weighted by molar-refractivity contribution is 0.0696. The molecule has 1 N–H and O–H groups in total. The van der Waals surface area contributed by atoms with Gasteiger partial charge in [-0.1, -0.05) is 17.7 Å². The fourth-order valence-corrected chi connectivity index (χ4v) is 3.41. The Hall–Kier alpha value is -2.08. The van der Waals surface area contributed by atoms with E-state index in [1.807, 2.05) is 6.92 Å². The maximum absolute atomic E-state index is 12.5. The van der Waals surface area contributed by atoms with E-state index in [0.717, 1.165) is 15.7 Å². The molecule has 0 unspecified atom stereocenters. The highest BCUT2D eigenvalue weighted by Gasteiger charge is 2.23. The molecule has 0 aliphatic heterocycles. The van der Waals surface area contributed by atoms with E-state index >= 15 is 0 Å². The third-order valence-electron chi connectivity index (χ3n) is 3.33. The van der Waals surface area contributed by atoms with E-state index in [2.05, 4.69) is 0 Å². The number of aryl methyl sites for hydroxylation is 1. The molecule has 106 valence electrons. The Morgan fingerprint density at radius 1 is 1.10 bits per heavy atom. The molecule has 0 saturated carbocycles. The summed E-state index contributed by atoms with van der Waals surface area (Å²) in [5.41, 5.74) is 1.81. The minimum absolute atomic E-state index is 0.00168. The second kappa shape index (κ2) is 4.79. The van der Waals surface area contributed by atoms with Crippen molar-refractivity contribution in [1.82, 2.24) is 3.97 Å². The molecule has 0 amide bonds. The average Bonchev–Trinajstić information content (AvgIpc) is 2.67. The molecular weight excluding hydrogens is 278 g/mol. The first-order valence-corrected chi connectivity index (χ1v) is 7.43. The van der Waals surface area contributed by atoms with E-state index in [4.69, 9.17) is 5.11 Å². The maximum atomic E-state index is 12.5. The molecular formula is C14H15NO4S. The number of carboxylic acids is 1. The molecule has 0 saturated heterocycles. The highest BCUT2D eigenvalue weighted by atomic mass is 32.2. The van der Waals surface area contributed by atoms with Gasteiger partial charge in [0.2, 0.25) is 0 Å². The van der Waals surface area contributed by atoms with Crippen LogP contribution in [0.15, 0.2) is 35.4 Å². The summed E-state index contributed by atoms with van der Waals surface area (Å²) in [6, 6.07) is 6.44. The Bertz CT molecular complexity index is 770. The van der Waals surface area contributed by atoms with E-state index in [1.165, 1.54) is 12.1 Å². The number of carbonyl (C=O) groups is 1. The Kier molecular flexibility index (Phi) is 3.43. The molecule has 6 heteroatoms. The predicted octanol–water partition coefficient (Wildman–Crippen LogP) is 2.35. The summed E-state index contributed by atoms with van der Waals surface area (Å²) in [6.45, 7) is 5.05. The Balaban J connectivity index is 2.64. The number of carboxylic acid groups (broad SMARTS) is 1. The van der Waals surface area contributed by atoms with E-state index in [9.17, 15) is 13.2 Å². The molecule has 5 nitrogen and oxygen atoms in total. The number of hydrogen-bond donors (Lipinski definition) is 1. The summed E-state index contributed by atoms with van der Waals surface area (Å²) >= 11 is 0. The predicted molar refractivity (Wildman–Crippen MR) is 74.6 cm³/mol. The molecule has 0 spiro atoms. The van der Waals surface area contributed by atoms with Gasteiger partial charge < -0.3 is 5.11 Å². The Morgan fingerprint density at radius 3 is 2.10 bits per heavy atom. The van der Waals surface area contributed by atoms with Crippen molar-refractivity contribution in [1.29, 1.82) is 0 Å². The molecule has 2 rings (SSSR count). The highest BCUT2D eigenvalue weighted by molar-refractivity contribution is 7.90. The fourth-order valence-electron chi connectivity index (χ4n) is 1.96. The minimum Gasteiger partial charge on any atom is -0.478 e. The first-order chi connectivity index (χ1) is 9.25. The summed E-state index contributed by atoms with van der Waals surface area (Å²) in [5, 5.41) is 9.07. The van der Waals surface area contributed by atoms with Crippen molar-refractivity contribution in [2.24, 2.45) is 0 Å². The van der Waals surface area contributed by atoms with Crippen molar-refractivity contribution in [3.8, 4) is 0 Å². The Labute approximate surface area is 117 Å². The lowest BCUT2D eigenvalue weighted by Crippen LogP contribution is -2.13. The zero-order chi connectivity index (χ0) is 15.1. The monoisotopic (exact) mass is 293 g/mol. The van der Waals surface area contributed by atoms with Crippen LogP contribution in [0.5, 0.6) is 0 Å². The van der Waals surface area contributed by atoms with Gasteiger partial charge >= 0.3 is 5.97 Å². The van der Waals surface area contributed by atoms with Crippen molar-refractivity contribution >= 4 is 16.0 Å². The standard InChI is InChI=1S/C14H15NO4S/c1-9-4-6-12(7-5-9)20(18,19)15-8-13(14(16)17)10(2)11(15)3/h4-8H,1-3H3,(H,16,17). The summed E-state index contributed by atoms with van der Waals surface area (Å²) in [6.07, 6.45) is 1.15. The van der Waals surface area contributed by atoms with Gasteiger partial charge in [-0.05, 0) is 38.5 Å². The average molecular weight is 293 g/mol. The van der Waals surface area contributed by atoms with Crippen LogP contribution in [0, 0.1) is 20.8 Å². The highest BCUT2D eigenvalue weighted by Crippen LogP contribution is 2.22. The van der Waals surface area contributed by atoms with Crippen LogP contribution in [-0.2, 0) is 10.0 Å². The van der Waals surface area contributed by atoms with Crippen molar-refractivity contribution in [2.45, 2.75) is 25.7 Å². The lowest BCUT2D eigenvalue weighted by Gasteiger charge is -2.08. The molecule has 0 atom stereocenters. The molecule has 0 fully saturated rings. The molecule has 1 aromatic carbocycles. The van der Waals surface area contributed by atoms with Crippen molar-refractivity contribution < 1.29 is 18.3 Å². The van der Waals surface area contributed by atoms with E-state index < -0.39 is 16.0 Å². The number of rotatable bonds is 3. The molecule has 1 aromatic heterocycles. The van der Waals surface area contributed by atoms with Crippen molar-refractivity contribution in [3.05, 3.63) is 52.8 Å². The van der Waals surface area contributed by atoms with Gasteiger partial charge in [0.1, 0.15) is 0 Å². The van der Waals surface area contributed by atoms with Crippen LogP contribution < -0.4 is 0 Å². The normalized spacial score (nSPS) is 11.6. The van der Waals surface area contributed by atoms with Crippen LogP contribution in [0.3, 0.4) is 0 Å². The summed E-state index contributed by atoms with van der Waals surface area (Å²) < 4.78 is 26.1. The van der Waals surface area contributed by atoms with Crippen LogP contribution in [-0.4, -0.2) is 23.5 Å². The molecule has 0 radical (unpaired) electrons. The molecule has 2 aromatic rings. The smallest absolute Gasteiger partial charge is 0.337 e. The summed E-state index contributed by atoms with van der Waals surface area (Å²) in [7, 11) is -3.77. The van der Waals surface area contributed by atoms with E-state index in [0.29, 0.717) is 11.3 Å². The SMILES string of the molecule is Cc1ccc(S(=O)(=O)n2cc(C(=O)O)c(C)c2C)cc1. The van der Waals surface area contributed by atoms with Crippen molar-refractivity contribution in [2.75, 3.05) is 0 Å². The Morgan fingerprint density at radius 2 is 1.65 bits per heavy atom. The van der Waals surface area contributed by atoms with Crippen molar-refractivity contribution in [3.63, 3.8) is 0 Å². The van der Waals surface area contributed by atoms with Gasteiger partial charge in [-0.3, -0.25) is 0 Å². The molecule has 0 aliphatic carbocycles. The van der Waals surface area contributed by atoms with Gasteiger partial charge in [0.15, 0.2) is 0 Å².